The second-order valence-electron chi connectivity index (χ2n) is 3.48. The summed E-state index contributed by atoms with van der Waals surface area (Å²) in [4.78, 5) is 3.92. The zero-order chi connectivity index (χ0) is 12.3. The number of phenolic OH excluding ortho intramolecular Hbond substituents is 2. The molecule has 0 saturated heterocycles. The number of hydrogen-bond acceptors (Lipinski definition) is 4. The van der Waals surface area contributed by atoms with Crippen molar-refractivity contribution >= 4 is 17.3 Å². The van der Waals surface area contributed by atoms with E-state index in [1.54, 1.807) is 30.5 Å². The molecule has 0 spiro atoms. The van der Waals surface area contributed by atoms with E-state index in [2.05, 4.69) is 10.3 Å². The molecule has 0 aliphatic carbocycles. The molecule has 2 aromatic rings. The molecule has 0 aliphatic rings. The van der Waals surface area contributed by atoms with E-state index >= 15 is 0 Å². The van der Waals surface area contributed by atoms with E-state index in [0.29, 0.717) is 22.9 Å². The third-order valence-electron chi connectivity index (χ3n) is 2.33. The first-order valence-corrected chi connectivity index (χ1v) is 5.40. The molecule has 0 unspecified atom stereocenters. The molecule has 1 aromatic heterocycles. The van der Waals surface area contributed by atoms with Gasteiger partial charge in [0.25, 0.3) is 0 Å². The van der Waals surface area contributed by atoms with Crippen molar-refractivity contribution in [2.45, 2.75) is 6.54 Å². The number of hydrogen-bond donors (Lipinski definition) is 3. The SMILES string of the molecule is Oc1cccc(CNc2cccnc2Cl)c1O. The van der Waals surface area contributed by atoms with Gasteiger partial charge in [-0.2, -0.15) is 0 Å². The molecule has 2 rings (SSSR count). The lowest BCUT2D eigenvalue weighted by Gasteiger charge is -2.09. The first-order valence-electron chi connectivity index (χ1n) is 5.02. The third-order valence-corrected chi connectivity index (χ3v) is 2.63. The van der Waals surface area contributed by atoms with Crippen LogP contribution in [0.25, 0.3) is 0 Å². The zero-order valence-electron chi connectivity index (χ0n) is 8.89. The minimum atomic E-state index is -0.137. The minimum Gasteiger partial charge on any atom is -0.504 e. The predicted molar refractivity (Wildman–Crippen MR) is 66.3 cm³/mol. The van der Waals surface area contributed by atoms with Gasteiger partial charge >= 0.3 is 0 Å². The van der Waals surface area contributed by atoms with E-state index in [1.165, 1.54) is 6.07 Å². The molecule has 88 valence electrons. The second kappa shape index (κ2) is 4.93. The largest absolute Gasteiger partial charge is 0.504 e. The van der Waals surface area contributed by atoms with Crippen LogP contribution in [0.3, 0.4) is 0 Å². The van der Waals surface area contributed by atoms with Crippen LogP contribution in [0.4, 0.5) is 5.69 Å². The fourth-order valence-electron chi connectivity index (χ4n) is 1.43. The lowest BCUT2D eigenvalue weighted by Crippen LogP contribution is -2.00. The summed E-state index contributed by atoms with van der Waals surface area (Å²) in [6, 6.07) is 8.35. The summed E-state index contributed by atoms with van der Waals surface area (Å²) in [5.41, 5.74) is 1.27. The number of benzene rings is 1. The highest BCUT2D eigenvalue weighted by Gasteiger charge is 2.06. The minimum absolute atomic E-state index is 0.125. The summed E-state index contributed by atoms with van der Waals surface area (Å²) in [6.45, 7) is 0.353. The van der Waals surface area contributed by atoms with Crippen LogP contribution in [0.1, 0.15) is 5.56 Å². The highest BCUT2D eigenvalue weighted by Crippen LogP contribution is 2.29. The molecule has 0 amide bonds. The van der Waals surface area contributed by atoms with Crippen LogP contribution in [0, 0.1) is 0 Å². The Hall–Kier alpha value is -1.94. The number of para-hydroxylation sites is 1. The molecular weight excluding hydrogens is 240 g/mol. The van der Waals surface area contributed by atoms with E-state index in [-0.39, 0.29) is 11.5 Å². The van der Waals surface area contributed by atoms with E-state index in [4.69, 9.17) is 11.6 Å². The van der Waals surface area contributed by atoms with Crippen molar-refractivity contribution in [3.8, 4) is 11.5 Å². The number of nitrogens with zero attached hydrogens (tertiary/aromatic N) is 1. The Kier molecular flexibility index (Phi) is 3.35. The monoisotopic (exact) mass is 250 g/mol. The molecule has 0 saturated carbocycles. The Morgan fingerprint density at radius 3 is 2.76 bits per heavy atom. The van der Waals surface area contributed by atoms with Crippen LogP contribution in [0.15, 0.2) is 36.5 Å². The Morgan fingerprint density at radius 1 is 1.18 bits per heavy atom. The fourth-order valence-corrected chi connectivity index (χ4v) is 1.61. The van der Waals surface area contributed by atoms with E-state index in [9.17, 15) is 10.2 Å². The standard InChI is InChI=1S/C12H11ClN2O2/c13-12-9(4-2-6-14-12)15-7-8-3-1-5-10(16)11(8)17/h1-6,15-17H,7H2. The number of aromatic hydroxyl groups is 2. The molecule has 4 nitrogen and oxygen atoms in total. The quantitative estimate of drug-likeness (QED) is 0.579. The van der Waals surface area contributed by atoms with Gasteiger partial charge in [0, 0.05) is 18.3 Å². The van der Waals surface area contributed by atoms with Gasteiger partial charge in [0.15, 0.2) is 16.7 Å². The topological polar surface area (TPSA) is 65.4 Å². The summed E-state index contributed by atoms with van der Waals surface area (Å²) in [5.74, 6) is -0.262. The Labute approximate surface area is 104 Å². The summed E-state index contributed by atoms with van der Waals surface area (Å²) in [5, 5.41) is 22.3. The van der Waals surface area contributed by atoms with Gasteiger partial charge in [0.1, 0.15) is 0 Å². The van der Waals surface area contributed by atoms with Crippen molar-refractivity contribution in [2.24, 2.45) is 0 Å². The van der Waals surface area contributed by atoms with Gasteiger partial charge in [-0.15, -0.1) is 0 Å². The molecule has 1 aromatic carbocycles. The second-order valence-corrected chi connectivity index (χ2v) is 3.84. The number of nitrogens with one attached hydrogen (secondary N) is 1. The summed E-state index contributed by atoms with van der Waals surface area (Å²) in [7, 11) is 0. The van der Waals surface area contributed by atoms with E-state index in [1.807, 2.05) is 0 Å². The molecule has 0 bridgehead atoms. The molecule has 0 fully saturated rings. The number of rotatable bonds is 3. The molecule has 5 heteroatoms. The lowest BCUT2D eigenvalue weighted by atomic mass is 10.2. The molecular formula is C12H11ClN2O2. The fraction of sp³-hybridized carbons (Fsp3) is 0.0833. The van der Waals surface area contributed by atoms with Gasteiger partial charge in [-0.05, 0) is 18.2 Å². The third kappa shape index (κ3) is 2.60. The Bertz CT molecular complexity index is 532. The van der Waals surface area contributed by atoms with Crippen LogP contribution in [0.2, 0.25) is 5.15 Å². The first-order chi connectivity index (χ1) is 8.18. The number of phenols is 2. The van der Waals surface area contributed by atoms with E-state index < -0.39 is 0 Å². The van der Waals surface area contributed by atoms with Crippen molar-refractivity contribution in [2.75, 3.05) is 5.32 Å². The lowest BCUT2D eigenvalue weighted by molar-refractivity contribution is 0.400. The molecule has 0 atom stereocenters. The van der Waals surface area contributed by atoms with Crippen molar-refractivity contribution in [1.29, 1.82) is 0 Å². The van der Waals surface area contributed by atoms with Crippen LogP contribution >= 0.6 is 11.6 Å². The van der Waals surface area contributed by atoms with Crippen LogP contribution in [-0.2, 0) is 6.54 Å². The summed E-state index contributed by atoms with van der Waals surface area (Å²) < 4.78 is 0. The van der Waals surface area contributed by atoms with Crippen molar-refractivity contribution in [1.82, 2.24) is 4.98 Å². The van der Waals surface area contributed by atoms with Crippen LogP contribution in [0.5, 0.6) is 11.5 Å². The zero-order valence-corrected chi connectivity index (χ0v) is 9.65. The normalized spacial score (nSPS) is 10.2. The number of anilines is 1. The number of pyridine rings is 1. The van der Waals surface area contributed by atoms with Gasteiger partial charge in [0.2, 0.25) is 0 Å². The molecule has 1 heterocycles. The maximum atomic E-state index is 9.61. The number of aromatic nitrogens is 1. The first kappa shape index (κ1) is 11.5. The smallest absolute Gasteiger partial charge is 0.162 e. The summed E-state index contributed by atoms with van der Waals surface area (Å²) in [6.07, 6.45) is 1.60. The van der Waals surface area contributed by atoms with Crippen LogP contribution in [-0.4, -0.2) is 15.2 Å². The highest BCUT2D eigenvalue weighted by atomic mass is 35.5. The molecule has 17 heavy (non-hydrogen) atoms. The highest BCUT2D eigenvalue weighted by molar-refractivity contribution is 6.31. The van der Waals surface area contributed by atoms with Crippen molar-refractivity contribution in [3.63, 3.8) is 0 Å². The Morgan fingerprint density at radius 2 is 2.00 bits per heavy atom. The molecule has 0 radical (unpaired) electrons. The van der Waals surface area contributed by atoms with Gasteiger partial charge < -0.3 is 15.5 Å². The Balaban J connectivity index is 2.13. The van der Waals surface area contributed by atoms with Gasteiger partial charge in [-0.1, -0.05) is 23.7 Å². The number of halogens is 1. The maximum Gasteiger partial charge on any atom is 0.162 e. The van der Waals surface area contributed by atoms with Crippen molar-refractivity contribution < 1.29 is 10.2 Å². The average Bonchev–Trinajstić information content (AvgIpc) is 2.33. The van der Waals surface area contributed by atoms with Crippen LogP contribution < -0.4 is 5.32 Å². The average molecular weight is 251 g/mol. The van der Waals surface area contributed by atoms with Crippen molar-refractivity contribution in [3.05, 3.63) is 47.2 Å². The molecule has 0 aliphatic heterocycles. The van der Waals surface area contributed by atoms with E-state index in [0.717, 1.165) is 0 Å². The molecule has 3 N–H and O–H groups in total. The summed E-state index contributed by atoms with van der Waals surface area (Å²) >= 11 is 5.88. The van der Waals surface area contributed by atoms with Gasteiger partial charge in [0.05, 0.1) is 5.69 Å². The van der Waals surface area contributed by atoms with Gasteiger partial charge in [-0.25, -0.2) is 4.98 Å². The maximum absolute atomic E-state index is 9.61. The van der Waals surface area contributed by atoms with Gasteiger partial charge in [-0.3, -0.25) is 0 Å². The predicted octanol–water partition coefficient (Wildman–Crippen LogP) is 2.76.